The Morgan fingerprint density at radius 2 is 2.00 bits per heavy atom. The lowest BCUT2D eigenvalue weighted by molar-refractivity contribution is 0.0939. The third-order valence-electron chi connectivity index (χ3n) is 3.92. The highest BCUT2D eigenvalue weighted by molar-refractivity contribution is 5.95. The number of carbonyl (C=O) groups is 1. The second-order valence-corrected chi connectivity index (χ2v) is 5.55. The number of hydrogen-bond acceptors (Lipinski definition) is 4. The molecule has 0 radical (unpaired) electrons. The molecule has 2 aromatic heterocycles. The molecule has 1 aliphatic rings. The van der Waals surface area contributed by atoms with Crippen LogP contribution in [0.5, 0.6) is 0 Å². The average Bonchev–Trinajstić information content (AvgIpc) is 3.10. The summed E-state index contributed by atoms with van der Waals surface area (Å²) >= 11 is 0. The first kappa shape index (κ1) is 14.5. The van der Waals surface area contributed by atoms with Crippen LogP contribution >= 0.6 is 0 Å². The van der Waals surface area contributed by atoms with Crippen LogP contribution in [0.15, 0.2) is 42.7 Å². The van der Waals surface area contributed by atoms with Gasteiger partial charge in [-0.2, -0.15) is 0 Å². The van der Waals surface area contributed by atoms with Crippen molar-refractivity contribution in [3.05, 3.63) is 54.0 Å². The van der Waals surface area contributed by atoms with Crippen LogP contribution in [0.1, 0.15) is 41.9 Å². The number of carbonyl (C=O) groups excluding carboxylic acids is 1. The minimum Gasteiger partial charge on any atom is -0.357 e. The molecule has 114 valence electrons. The van der Waals surface area contributed by atoms with Crippen molar-refractivity contribution >= 4 is 11.7 Å². The fraction of sp³-hybridized carbons (Fsp3) is 0.353. The molecular weight excluding hydrogens is 276 g/mol. The summed E-state index contributed by atoms with van der Waals surface area (Å²) in [7, 11) is 0. The van der Waals surface area contributed by atoms with Gasteiger partial charge in [0, 0.05) is 31.0 Å². The van der Waals surface area contributed by atoms with Crippen molar-refractivity contribution in [1.82, 2.24) is 15.3 Å². The summed E-state index contributed by atoms with van der Waals surface area (Å²) in [6, 6.07) is 9.18. The molecule has 0 aromatic carbocycles. The van der Waals surface area contributed by atoms with Crippen LogP contribution in [0.25, 0.3) is 0 Å². The average molecular weight is 296 g/mol. The number of rotatable bonds is 4. The molecule has 0 bridgehead atoms. The van der Waals surface area contributed by atoms with E-state index in [0.29, 0.717) is 5.56 Å². The van der Waals surface area contributed by atoms with Gasteiger partial charge in [0.25, 0.3) is 5.91 Å². The summed E-state index contributed by atoms with van der Waals surface area (Å²) < 4.78 is 0. The minimum absolute atomic E-state index is 0.0963. The molecule has 22 heavy (non-hydrogen) atoms. The van der Waals surface area contributed by atoms with Gasteiger partial charge in [-0.05, 0) is 44.0 Å². The SMILES string of the molecule is CC(NC(=O)c1ccnc(N2CCCC2)c1)c1ccccn1. The topological polar surface area (TPSA) is 58.1 Å². The summed E-state index contributed by atoms with van der Waals surface area (Å²) in [4.78, 5) is 23.3. The Labute approximate surface area is 130 Å². The zero-order valence-electron chi connectivity index (χ0n) is 12.7. The molecule has 1 saturated heterocycles. The van der Waals surface area contributed by atoms with Gasteiger partial charge in [0.2, 0.25) is 0 Å². The van der Waals surface area contributed by atoms with Crippen molar-refractivity contribution in [2.75, 3.05) is 18.0 Å². The van der Waals surface area contributed by atoms with E-state index in [4.69, 9.17) is 0 Å². The molecule has 1 unspecified atom stereocenters. The van der Waals surface area contributed by atoms with E-state index in [-0.39, 0.29) is 11.9 Å². The molecule has 3 heterocycles. The van der Waals surface area contributed by atoms with E-state index in [1.54, 1.807) is 18.5 Å². The van der Waals surface area contributed by atoms with Crippen LogP contribution in [0.3, 0.4) is 0 Å². The van der Waals surface area contributed by atoms with Gasteiger partial charge in [-0.3, -0.25) is 9.78 Å². The van der Waals surface area contributed by atoms with Gasteiger partial charge in [-0.1, -0.05) is 6.07 Å². The highest BCUT2D eigenvalue weighted by Gasteiger charge is 2.16. The van der Waals surface area contributed by atoms with E-state index in [1.807, 2.05) is 31.2 Å². The smallest absolute Gasteiger partial charge is 0.251 e. The number of nitrogens with zero attached hydrogens (tertiary/aromatic N) is 3. The molecule has 1 amide bonds. The van der Waals surface area contributed by atoms with Crippen LogP contribution in [-0.4, -0.2) is 29.0 Å². The first-order valence-corrected chi connectivity index (χ1v) is 7.67. The van der Waals surface area contributed by atoms with Crippen LogP contribution in [0.4, 0.5) is 5.82 Å². The zero-order valence-corrected chi connectivity index (χ0v) is 12.7. The molecule has 5 nitrogen and oxygen atoms in total. The van der Waals surface area contributed by atoms with E-state index in [0.717, 1.165) is 24.6 Å². The van der Waals surface area contributed by atoms with Crippen molar-refractivity contribution in [3.63, 3.8) is 0 Å². The molecule has 0 saturated carbocycles. The van der Waals surface area contributed by atoms with Crippen LogP contribution < -0.4 is 10.2 Å². The molecule has 1 atom stereocenters. The number of amides is 1. The highest BCUT2D eigenvalue weighted by atomic mass is 16.1. The van der Waals surface area contributed by atoms with Gasteiger partial charge in [-0.25, -0.2) is 4.98 Å². The molecule has 1 fully saturated rings. The molecule has 1 aliphatic heterocycles. The third kappa shape index (κ3) is 3.24. The maximum atomic E-state index is 12.4. The Morgan fingerprint density at radius 1 is 1.18 bits per heavy atom. The van der Waals surface area contributed by atoms with E-state index in [2.05, 4.69) is 20.2 Å². The fourth-order valence-electron chi connectivity index (χ4n) is 2.66. The lowest BCUT2D eigenvalue weighted by Crippen LogP contribution is -2.27. The van der Waals surface area contributed by atoms with Crippen LogP contribution in [-0.2, 0) is 0 Å². The molecule has 2 aromatic rings. The van der Waals surface area contributed by atoms with Crippen molar-refractivity contribution < 1.29 is 4.79 Å². The molecule has 1 N–H and O–H groups in total. The van der Waals surface area contributed by atoms with Crippen LogP contribution in [0, 0.1) is 0 Å². The molecule has 3 rings (SSSR count). The zero-order chi connectivity index (χ0) is 15.4. The third-order valence-corrected chi connectivity index (χ3v) is 3.92. The van der Waals surface area contributed by atoms with E-state index in [1.165, 1.54) is 12.8 Å². The fourth-order valence-corrected chi connectivity index (χ4v) is 2.66. The summed E-state index contributed by atoms with van der Waals surface area (Å²) in [5.41, 5.74) is 1.49. The van der Waals surface area contributed by atoms with Gasteiger partial charge in [0.05, 0.1) is 11.7 Å². The molecule has 0 spiro atoms. The second-order valence-electron chi connectivity index (χ2n) is 5.55. The van der Waals surface area contributed by atoms with Gasteiger partial charge < -0.3 is 10.2 Å². The minimum atomic E-state index is -0.128. The summed E-state index contributed by atoms with van der Waals surface area (Å²) in [5, 5.41) is 2.98. The monoisotopic (exact) mass is 296 g/mol. The molecule has 0 aliphatic carbocycles. The van der Waals surface area contributed by atoms with E-state index >= 15 is 0 Å². The Balaban J connectivity index is 1.71. The van der Waals surface area contributed by atoms with Gasteiger partial charge in [0.1, 0.15) is 5.82 Å². The van der Waals surface area contributed by atoms with Crippen molar-refractivity contribution in [2.24, 2.45) is 0 Å². The predicted octanol–water partition coefficient (Wildman–Crippen LogP) is 2.57. The van der Waals surface area contributed by atoms with Gasteiger partial charge in [-0.15, -0.1) is 0 Å². The van der Waals surface area contributed by atoms with E-state index in [9.17, 15) is 4.79 Å². The highest BCUT2D eigenvalue weighted by Crippen LogP contribution is 2.19. The first-order chi connectivity index (χ1) is 10.7. The Bertz CT molecular complexity index is 638. The molecular formula is C17H20N4O. The lowest BCUT2D eigenvalue weighted by Gasteiger charge is -2.17. The van der Waals surface area contributed by atoms with Crippen molar-refractivity contribution in [2.45, 2.75) is 25.8 Å². The quantitative estimate of drug-likeness (QED) is 0.942. The maximum Gasteiger partial charge on any atom is 0.251 e. The number of aromatic nitrogens is 2. The standard InChI is InChI=1S/C17H20N4O/c1-13(15-6-2-3-8-18-15)20-17(22)14-7-9-19-16(12-14)21-10-4-5-11-21/h2-3,6-9,12-13H,4-5,10-11H2,1H3,(H,20,22). The van der Waals surface area contributed by atoms with Crippen molar-refractivity contribution in [1.29, 1.82) is 0 Å². The summed E-state index contributed by atoms with van der Waals surface area (Å²) in [5.74, 6) is 0.789. The largest absolute Gasteiger partial charge is 0.357 e. The number of pyridine rings is 2. The number of hydrogen-bond donors (Lipinski definition) is 1. The summed E-state index contributed by atoms with van der Waals surface area (Å²) in [6.07, 6.45) is 5.81. The van der Waals surface area contributed by atoms with Crippen molar-refractivity contribution in [3.8, 4) is 0 Å². The van der Waals surface area contributed by atoms with Gasteiger partial charge in [0.15, 0.2) is 0 Å². The van der Waals surface area contributed by atoms with Crippen LogP contribution in [0.2, 0.25) is 0 Å². The Kier molecular flexibility index (Phi) is 4.32. The Morgan fingerprint density at radius 3 is 2.73 bits per heavy atom. The summed E-state index contributed by atoms with van der Waals surface area (Å²) in [6.45, 7) is 3.97. The molecule has 5 heteroatoms. The van der Waals surface area contributed by atoms with Gasteiger partial charge >= 0.3 is 0 Å². The second kappa shape index (κ2) is 6.56. The van der Waals surface area contributed by atoms with E-state index < -0.39 is 0 Å². The lowest BCUT2D eigenvalue weighted by atomic mass is 10.2. The number of anilines is 1. The first-order valence-electron chi connectivity index (χ1n) is 7.67. The predicted molar refractivity (Wildman–Crippen MR) is 85.8 cm³/mol. The number of nitrogens with one attached hydrogen (secondary N) is 1. The Hall–Kier alpha value is -2.43. The normalized spacial score (nSPS) is 15.6. The maximum absolute atomic E-state index is 12.4.